The molecule has 4 N–H and O–H groups in total. The number of carboxylic acids is 1. The van der Waals surface area contributed by atoms with Crippen LogP contribution >= 0.6 is 0 Å². The summed E-state index contributed by atoms with van der Waals surface area (Å²) in [5.41, 5.74) is -1.52. The third-order valence-corrected chi connectivity index (χ3v) is 2.28. The van der Waals surface area contributed by atoms with E-state index >= 15 is 0 Å². The van der Waals surface area contributed by atoms with E-state index in [2.05, 4.69) is 5.14 Å². The highest BCUT2D eigenvalue weighted by Gasteiger charge is 2.34. The second kappa shape index (κ2) is 3.38. The largest absolute Gasteiger partial charge is 0.480 e. The minimum Gasteiger partial charge on any atom is -0.480 e. The third-order valence-electron chi connectivity index (χ3n) is 1.55. The van der Waals surface area contributed by atoms with Crippen LogP contribution in [-0.2, 0) is 15.0 Å². The van der Waals surface area contributed by atoms with Crippen molar-refractivity contribution in [3.8, 4) is 0 Å². The maximum absolute atomic E-state index is 10.5. The Hall–Kier alpha value is -0.660. The second-order valence-electron chi connectivity index (χ2n) is 2.64. The van der Waals surface area contributed by atoms with Crippen molar-refractivity contribution in [2.24, 2.45) is 5.14 Å². The van der Waals surface area contributed by atoms with Crippen LogP contribution in [-0.4, -0.2) is 25.0 Å². The van der Waals surface area contributed by atoms with Crippen LogP contribution in [0.2, 0.25) is 0 Å². The minimum atomic E-state index is -3.97. The number of hydrogen-bond acceptors (Lipinski definition) is 3. The summed E-state index contributed by atoms with van der Waals surface area (Å²) in [5, 5.41) is 13.2. The van der Waals surface area contributed by atoms with Gasteiger partial charge in [0.15, 0.2) is 0 Å². The summed E-state index contributed by atoms with van der Waals surface area (Å²) < 4.78 is 22.9. The number of rotatable bonds is 4. The minimum absolute atomic E-state index is 0.124. The lowest BCUT2D eigenvalue weighted by Gasteiger charge is -2.22. The SMILES string of the molecule is CCC(C)(NS(N)(=O)=O)C(=O)O. The van der Waals surface area contributed by atoms with E-state index in [0.29, 0.717) is 0 Å². The van der Waals surface area contributed by atoms with Crippen LogP contribution in [0.4, 0.5) is 0 Å². The Bertz CT molecular complexity index is 273. The summed E-state index contributed by atoms with van der Waals surface area (Å²) in [6, 6.07) is 0. The van der Waals surface area contributed by atoms with Crippen LogP contribution in [0.25, 0.3) is 0 Å². The summed E-state index contributed by atoms with van der Waals surface area (Å²) in [4.78, 5) is 10.5. The third kappa shape index (κ3) is 3.16. The lowest BCUT2D eigenvalue weighted by molar-refractivity contribution is -0.143. The van der Waals surface area contributed by atoms with Gasteiger partial charge < -0.3 is 5.11 Å². The lowest BCUT2D eigenvalue weighted by atomic mass is 10.0. The van der Waals surface area contributed by atoms with Gasteiger partial charge in [0.1, 0.15) is 5.54 Å². The van der Waals surface area contributed by atoms with E-state index in [9.17, 15) is 13.2 Å². The zero-order valence-electron chi connectivity index (χ0n) is 6.86. The Balaban J connectivity index is 4.69. The van der Waals surface area contributed by atoms with Crippen molar-refractivity contribution in [1.29, 1.82) is 0 Å². The fourth-order valence-electron chi connectivity index (χ4n) is 0.581. The molecule has 72 valence electrons. The molecule has 0 rings (SSSR count). The first-order chi connectivity index (χ1) is 5.21. The Morgan fingerprint density at radius 2 is 2.08 bits per heavy atom. The zero-order valence-corrected chi connectivity index (χ0v) is 7.68. The normalized spacial score (nSPS) is 16.9. The Labute approximate surface area is 70.9 Å². The van der Waals surface area contributed by atoms with Crippen molar-refractivity contribution in [3.63, 3.8) is 0 Å². The summed E-state index contributed by atoms with van der Waals surface area (Å²) in [7, 11) is -3.97. The number of carbonyl (C=O) groups is 1. The Kier molecular flexibility index (Phi) is 3.19. The summed E-state index contributed by atoms with van der Waals surface area (Å²) in [6.07, 6.45) is 0.124. The number of nitrogens with one attached hydrogen (secondary N) is 1. The maximum Gasteiger partial charge on any atom is 0.324 e. The molecule has 0 aliphatic carbocycles. The van der Waals surface area contributed by atoms with E-state index in [1.165, 1.54) is 6.92 Å². The highest BCUT2D eigenvalue weighted by atomic mass is 32.2. The molecule has 0 saturated heterocycles. The van der Waals surface area contributed by atoms with Crippen LogP contribution < -0.4 is 9.86 Å². The van der Waals surface area contributed by atoms with Gasteiger partial charge in [-0.2, -0.15) is 13.1 Å². The monoisotopic (exact) mass is 196 g/mol. The molecule has 7 heteroatoms. The summed E-state index contributed by atoms with van der Waals surface area (Å²) >= 11 is 0. The summed E-state index contributed by atoms with van der Waals surface area (Å²) in [5.74, 6) is -1.25. The predicted molar refractivity (Wildman–Crippen MR) is 42.6 cm³/mol. The van der Waals surface area contributed by atoms with Gasteiger partial charge in [-0.25, -0.2) is 5.14 Å². The van der Waals surface area contributed by atoms with Crippen LogP contribution in [0.1, 0.15) is 20.3 Å². The van der Waals surface area contributed by atoms with Crippen molar-refractivity contribution in [3.05, 3.63) is 0 Å². The molecule has 1 atom stereocenters. The molecular formula is C5H12N2O4S. The molecule has 0 aromatic carbocycles. The molecule has 1 unspecified atom stereocenters. The Morgan fingerprint density at radius 1 is 1.67 bits per heavy atom. The van der Waals surface area contributed by atoms with Crippen molar-refractivity contribution < 1.29 is 18.3 Å². The van der Waals surface area contributed by atoms with Crippen LogP contribution in [0.5, 0.6) is 0 Å². The average molecular weight is 196 g/mol. The van der Waals surface area contributed by atoms with Crippen molar-refractivity contribution in [2.75, 3.05) is 0 Å². The summed E-state index contributed by atoms with van der Waals surface area (Å²) in [6.45, 7) is 2.80. The van der Waals surface area contributed by atoms with E-state index < -0.39 is 21.7 Å². The van der Waals surface area contributed by atoms with Gasteiger partial charge in [-0.3, -0.25) is 4.79 Å². The number of carboxylic acid groups (broad SMARTS) is 1. The van der Waals surface area contributed by atoms with E-state index in [-0.39, 0.29) is 6.42 Å². The molecule has 0 amide bonds. The number of aliphatic carboxylic acids is 1. The molecule has 0 heterocycles. The average Bonchev–Trinajstić information content (AvgIpc) is 1.83. The molecule has 12 heavy (non-hydrogen) atoms. The van der Waals surface area contributed by atoms with Crippen LogP contribution in [0.3, 0.4) is 0 Å². The van der Waals surface area contributed by atoms with Gasteiger partial charge in [0.2, 0.25) is 0 Å². The van der Waals surface area contributed by atoms with Gasteiger partial charge in [0.25, 0.3) is 10.2 Å². The van der Waals surface area contributed by atoms with E-state index in [1.807, 2.05) is 4.72 Å². The molecule has 0 aromatic heterocycles. The second-order valence-corrected chi connectivity index (χ2v) is 3.93. The zero-order chi connectivity index (χ0) is 9.99. The van der Waals surface area contributed by atoms with E-state index in [0.717, 1.165) is 0 Å². The molecule has 0 fully saturated rings. The van der Waals surface area contributed by atoms with Crippen molar-refractivity contribution in [2.45, 2.75) is 25.8 Å². The van der Waals surface area contributed by atoms with Crippen molar-refractivity contribution >= 4 is 16.2 Å². The fourth-order valence-corrected chi connectivity index (χ4v) is 1.44. The molecule has 6 nitrogen and oxygen atoms in total. The molecular weight excluding hydrogens is 184 g/mol. The van der Waals surface area contributed by atoms with Gasteiger partial charge in [-0.1, -0.05) is 6.92 Å². The molecule has 0 aliphatic rings. The van der Waals surface area contributed by atoms with Crippen LogP contribution in [0, 0.1) is 0 Å². The molecule has 0 aromatic rings. The molecule has 0 spiro atoms. The first-order valence-corrected chi connectivity index (χ1v) is 4.81. The van der Waals surface area contributed by atoms with Gasteiger partial charge in [-0.15, -0.1) is 0 Å². The van der Waals surface area contributed by atoms with Gasteiger partial charge in [-0.05, 0) is 13.3 Å². The number of hydrogen-bond donors (Lipinski definition) is 3. The quantitative estimate of drug-likeness (QED) is 0.537. The standard InChI is InChI=1S/C5H12N2O4S/c1-3-5(2,4(8)9)7-12(6,10)11/h7H,3H2,1-2H3,(H,8,9)(H2,6,10,11). The highest BCUT2D eigenvalue weighted by molar-refractivity contribution is 7.87. The predicted octanol–water partition coefficient (Wildman–Crippen LogP) is -0.967. The first-order valence-electron chi connectivity index (χ1n) is 3.26. The lowest BCUT2D eigenvalue weighted by Crippen LogP contribution is -2.53. The van der Waals surface area contributed by atoms with Gasteiger partial charge in [0.05, 0.1) is 0 Å². The molecule has 0 saturated carbocycles. The van der Waals surface area contributed by atoms with E-state index in [4.69, 9.17) is 5.11 Å². The smallest absolute Gasteiger partial charge is 0.324 e. The number of nitrogens with two attached hydrogens (primary N) is 1. The maximum atomic E-state index is 10.5. The molecule has 0 bridgehead atoms. The first kappa shape index (κ1) is 11.3. The topological polar surface area (TPSA) is 109 Å². The molecule has 0 aliphatic heterocycles. The van der Waals surface area contributed by atoms with Crippen LogP contribution in [0.15, 0.2) is 0 Å². The fraction of sp³-hybridized carbons (Fsp3) is 0.800. The van der Waals surface area contributed by atoms with Gasteiger partial charge in [0, 0.05) is 0 Å². The highest BCUT2D eigenvalue weighted by Crippen LogP contribution is 2.09. The Morgan fingerprint density at radius 3 is 2.17 bits per heavy atom. The van der Waals surface area contributed by atoms with E-state index in [1.54, 1.807) is 6.92 Å². The molecule has 0 radical (unpaired) electrons. The van der Waals surface area contributed by atoms with Crippen molar-refractivity contribution in [1.82, 2.24) is 4.72 Å². The van der Waals surface area contributed by atoms with Gasteiger partial charge >= 0.3 is 5.97 Å².